The van der Waals surface area contributed by atoms with Crippen LogP contribution in [-0.2, 0) is 5.41 Å². The summed E-state index contributed by atoms with van der Waals surface area (Å²) in [4.78, 5) is 6.69. The van der Waals surface area contributed by atoms with E-state index in [0.29, 0.717) is 6.54 Å². The third-order valence-corrected chi connectivity index (χ3v) is 6.48. The lowest BCUT2D eigenvalue weighted by atomic mass is 9.71. The Hall–Kier alpha value is -3.02. The Morgan fingerprint density at radius 1 is 0.875 bits per heavy atom. The number of hydrogen-bond acceptors (Lipinski definition) is 5. The molecule has 0 saturated carbocycles. The summed E-state index contributed by atoms with van der Waals surface area (Å²) in [5, 5.41) is 6.78. The molecule has 2 aromatic carbocycles. The van der Waals surface area contributed by atoms with Crippen LogP contribution in [0.1, 0.15) is 29.5 Å². The van der Waals surface area contributed by atoms with Gasteiger partial charge in [-0.3, -0.25) is 14.9 Å². The fourth-order valence-electron chi connectivity index (χ4n) is 4.59. The average Bonchev–Trinajstić information content (AvgIpc) is 2.88. The smallest absolute Gasteiger partial charge is 0.0558 e. The lowest BCUT2D eigenvalue weighted by Gasteiger charge is -2.36. The van der Waals surface area contributed by atoms with Crippen molar-refractivity contribution in [3.05, 3.63) is 102 Å². The van der Waals surface area contributed by atoms with Crippen LogP contribution in [-0.4, -0.2) is 60.4 Å². The van der Waals surface area contributed by atoms with Gasteiger partial charge in [-0.15, -0.1) is 0 Å². The summed E-state index contributed by atoms with van der Waals surface area (Å²) in [5.74, 6) is 0. The minimum atomic E-state index is -0.141. The number of piperazine rings is 1. The van der Waals surface area contributed by atoms with Crippen molar-refractivity contribution in [3.8, 4) is 0 Å². The lowest BCUT2D eigenvalue weighted by Crippen LogP contribution is -2.45. The highest BCUT2D eigenvalue weighted by Crippen LogP contribution is 2.36. The van der Waals surface area contributed by atoms with E-state index in [2.05, 4.69) is 80.7 Å². The van der Waals surface area contributed by atoms with Crippen LogP contribution in [0.4, 0.5) is 0 Å². The second kappa shape index (κ2) is 11.0. The molecule has 5 nitrogen and oxygen atoms in total. The molecule has 2 N–H and O–H groups in total. The molecule has 0 spiro atoms. The van der Waals surface area contributed by atoms with Crippen LogP contribution in [0.2, 0.25) is 0 Å². The number of rotatable bonds is 9. The number of aromatic nitrogens is 1. The molecule has 0 radical (unpaired) electrons. The van der Waals surface area contributed by atoms with Crippen molar-refractivity contribution in [2.24, 2.45) is 10.8 Å². The summed E-state index contributed by atoms with van der Waals surface area (Å²) in [7, 11) is 0. The molecule has 1 fully saturated rings. The van der Waals surface area contributed by atoms with Gasteiger partial charge in [-0.25, -0.2) is 0 Å². The predicted octanol–water partition coefficient (Wildman–Crippen LogP) is 3.76. The average molecular weight is 428 g/mol. The Morgan fingerprint density at radius 2 is 1.53 bits per heavy atom. The van der Waals surface area contributed by atoms with Crippen molar-refractivity contribution in [1.29, 1.82) is 0 Å². The van der Waals surface area contributed by atoms with E-state index in [0.717, 1.165) is 51.1 Å². The van der Waals surface area contributed by atoms with E-state index in [1.165, 1.54) is 11.1 Å². The van der Waals surface area contributed by atoms with E-state index in [9.17, 15) is 0 Å². The predicted molar refractivity (Wildman–Crippen MR) is 132 cm³/mol. The van der Waals surface area contributed by atoms with E-state index in [1.807, 2.05) is 24.5 Å². The summed E-state index contributed by atoms with van der Waals surface area (Å²) < 4.78 is 0. The molecule has 5 heteroatoms. The van der Waals surface area contributed by atoms with Crippen LogP contribution < -0.4 is 5.73 Å². The van der Waals surface area contributed by atoms with Crippen LogP contribution in [0, 0.1) is 0 Å². The summed E-state index contributed by atoms with van der Waals surface area (Å²) >= 11 is 0. The van der Waals surface area contributed by atoms with E-state index in [1.54, 1.807) is 6.20 Å². The minimum Gasteiger partial charge on any atom is -0.329 e. The van der Waals surface area contributed by atoms with Gasteiger partial charge in [0, 0.05) is 56.1 Å². The van der Waals surface area contributed by atoms with Crippen molar-refractivity contribution in [1.82, 2.24) is 14.9 Å². The van der Waals surface area contributed by atoms with Crippen molar-refractivity contribution < 1.29 is 0 Å². The first-order valence-electron chi connectivity index (χ1n) is 11.5. The third kappa shape index (κ3) is 5.42. The molecule has 166 valence electrons. The fourth-order valence-corrected chi connectivity index (χ4v) is 4.59. The maximum Gasteiger partial charge on any atom is 0.0558 e. The first-order chi connectivity index (χ1) is 15.8. The topological polar surface area (TPSA) is 57.8 Å². The number of benzene rings is 2. The van der Waals surface area contributed by atoms with Gasteiger partial charge in [-0.2, -0.15) is 5.10 Å². The zero-order valence-electron chi connectivity index (χ0n) is 18.7. The highest BCUT2D eigenvalue weighted by Gasteiger charge is 2.32. The molecule has 2 heterocycles. The Bertz CT molecular complexity index is 912. The molecule has 1 saturated heterocycles. The van der Waals surface area contributed by atoms with Crippen LogP contribution in [0.3, 0.4) is 0 Å². The summed E-state index contributed by atoms with van der Waals surface area (Å²) in [6, 6.07) is 25.5. The number of hydrogen-bond donors (Lipinski definition) is 1. The van der Waals surface area contributed by atoms with Crippen molar-refractivity contribution in [2.45, 2.75) is 18.3 Å². The van der Waals surface area contributed by atoms with E-state index >= 15 is 0 Å². The molecule has 0 aliphatic carbocycles. The van der Waals surface area contributed by atoms with Gasteiger partial charge in [-0.1, -0.05) is 66.7 Å². The van der Waals surface area contributed by atoms with Gasteiger partial charge >= 0.3 is 0 Å². The molecule has 0 atom stereocenters. The summed E-state index contributed by atoms with van der Waals surface area (Å²) in [6.45, 7) is 5.68. The normalized spacial score (nSPS) is 15.3. The summed E-state index contributed by atoms with van der Waals surface area (Å²) in [5.41, 5.74) is 9.96. The quantitative estimate of drug-likeness (QED) is 0.528. The van der Waals surface area contributed by atoms with Crippen LogP contribution in [0.15, 0.2) is 90.3 Å². The Balaban J connectivity index is 1.34. The highest BCUT2D eigenvalue weighted by molar-refractivity contribution is 5.78. The van der Waals surface area contributed by atoms with Gasteiger partial charge in [-0.05, 0) is 36.6 Å². The van der Waals surface area contributed by atoms with Crippen molar-refractivity contribution >= 4 is 6.21 Å². The molecule has 0 amide bonds. The highest BCUT2D eigenvalue weighted by atomic mass is 15.5. The third-order valence-electron chi connectivity index (χ3n) is 6.48. The monoisotopic (exact) mass is 427 g/mol. The molecular formula is C27H33N5. The molecule has 0 bridgehead atoms. The van der Waals surface area contributed by atoms with Crippen molar-refractivity contribution in [3.63, 3.8) is 0 Å². The zero-order valence-corrected chi connectivity index (χ0v) is 18.7. The zero-order chi connectivity index (χ0) is 22.1. The first-order valence-corrected chi connectivity index (χ1v) is 11.5. The fraction of sp³-hybridized carbons (Fsp3) is 0.333. The molecule has 0 unspecified atom stereocenters. The SMILES string of the molecule is NCC(CCCN1CCN(/N=C/c2cccnc2)CC1)(c1ccccc1)c1ccccc1. The van der Waals surface area contributed by atoms with Crippen LogP contribution in [0.25, 0.3) is 0 Å². The first kappa shape index (κ1) is 22.2. The molecule has 32 heavy (non-hydrogen) atoms. The number of nitrogens with zero attached hydrogens (tertiary/aromatic N) is 4. The second-order valence-electron chi connectivity index (χ2n) is 8.45. The minimum absolute atomic E-state index is 0.141. The maximum atomic E-state index is 6.45. The lowest BCUT2D eigenvalue weighted by molar-refractivity contribution is 0.133. The molecule has 1 aliphatic heterocycles. The van der Waals surface area contributed by atoms with E-state index in [-0.39, 0.29) is 5.41 Å². The molecule has 4 rings (SSSR count). The van der Waals surface area contributed by atoms with E-state index < -0.39 is 0 Å². The number of hydrazone groups is 1. The Morgan fingerprint density at radius 3 is 2.09 bits per heavy atom. The molecule has 1 aliphatic rings. The Kier molecular flexibility index (Phi) is 7.64. The van der Waals surface area contributed by atoms with Gasteiger partial charge in [0.15, 0.2) is 0 Å². The van der Waals surface area contributed by atoms with Crippen molar-refractivity contribution in [2.75, 3.05) is 39.3 Å². The Labute approximate surface area is 191 Å². The van der Waals surface area contributed by atoms with Gasteiger partial charge < -0.3 is 5.73 Å². The number of pyridine rings is 1. The molecule has 1 aromatic heterocycles. The maximum absolute atomic E-state index is 6.45. The van der Waals surface area contributed by atoms with Gasteiger partial charge in [0.2, 0.25) is 0 Å². The standard InChI is InChI=1S/C27H33N5/c28-23-27(25-10-3-1-4-11-25,26-12-5-2-6-13-26)14-8-16-31-17-19-32(20-18-31)30-22-24-9-7-15-29-21-24/h1-7,9-13,15,21-22H,8,14,16-20,23,28H2/b30-22+. The van der Waals surface area contributed by atoms with Crippen LogP contribution in [0.5, 0.6) is 0 Å². The largest absolute Gasteiger partial charge is 0.329 e. The molecule has 3 aromatic rings. The van der Waals surface area contributed by atoms with E-state index in [4.69, 9.17) is 5.73 Å². The van der Waals surface area contributed by atoms with Gasteiger partial charge in [0.25, 0.3) is 0 Å². The second-order valence-corrected chi connectivity index (χ2v) is 8.45. The number of nitrogens with two attached hydrogens (primary N) is 1. The van der Waals surface area contributed by atoms with Gasteiger partial charge in [0.1, 0.15) is 0 Å². The van der Waals surface area contributed by atoms with Gasteiger partial charge in [0.05, 0.1) is 6.21 Å². The molecular weight excluding hydrogens is 394 g/mol. The summed E-state index contributed by atoms with van der Waals surface area (Å²) in [6.07, 6.45) is 7.67. The van der Waals surface area contributed by atoms with Crippen LogP contribution >= 0.6 is 0 Å².